The van der Waals surface area contributed by atoms with Crippen molar-refractivity contribution in [3.8, 4) is 11.1 Å². The van der Waals surface area contributed by atoms with Crippen LogP contribution in [0.25, 0.3) is 11.1 Å². The number of aryl methyl sites for hydroxylation is 2. The highest BCUT2D eigenvalue weighted by atomic mass is 35.5. The summed E-state index contributed by atoms with van der Waals surface area (Å²) >= 11 is 35.5. The average molecular weight is 610 g/mol. The normalized spacial score (nSPS) is 10.6. The largest absolute Gasteiger partial charge is 0.332 e. The van der Waals surface area contributed by atoms with Crippen molar-refractivity contribution >= 4 is 104 Å². The van der Waals surface area contributed by atoms with Gasteiger partial charge in [-0.3, -0.25) is 5.10 Å². The zero-order valence-corrected chi connectivity index (χ0v) is 24.1. The van der Waals surface area contributed by atoms with Gasteiger partial charge in [-0.1, -0.05) is 52.5 Å². The molecule has 3 aromatic carbocycles. The first-order valence-corrected chi connectivity index (χ1v) is 13.1. The van der Waals surface area contributed by atoms with E-state index in [1.54, 1.807) is 36.4 Å². The van der Waals surface area contributed by atoms with Gasteiger partial charge >= 0.3 is 0 Å². The fourth-order valence-corrected chi connectivity index (χ4v) is 5.24. The van der Waals surface area contributed by atoms with E-state index in [0.29, 0.717) is 41.7 Å². The minimum atomic E-state index is 0.352. The van der Waals surface area contributed by atoms with Crippen LogP contribution < -0.4 is 21.3 Å². The molecule has 0 saturated carbocycles. The van der Waals surface area contributed by atoms with E-state index >= 15 is 0 Å². The van der Waals surface area contributed by atoms with E-state index in [1.807, 2.05) is 32.0 Å². The Morgan fingerprint density at radius 3 is 1.65 bits per heavy atom. The molecule has 0 amide bonds. The van der Waals surface area contributed by atoms with Crippen LogP contribution in [0.3, 0.4) is 0 Å². The molecule has 0 bridgehead atoms. The van der Waals surface area contributed by atoms with Crippen molar-refractivity contribution in [2.45, 2.75) is 13.8 Å². The topological polar surface area (TPSA) is 76.8 Å². The van der Waals surface area contributed by atoms with Crippen molar-refractivity contribution in [2.24, 2.45) is 0 Å². The highest BCUT2D eigenvalue weighted by Crippen LogP contribution is 2.34. The second-order valence-corrected chi connectivity index (χ2v) is 10.6. The summed E-state index contributed by atoms with van der Waals surface area (Å²) in [5, 5.41) is 22.7. The second-order valence-electron chi connectivity index (χ2n) is 8.04. The van der Waals surface area contributed by atoms with Crippen LogP contribution >= 0.6 is 70.8 Å². The van der Waals surface area contributed by atoms with Gasteiger partial charge in [0.2, 0.25) is 0 Å². The number of halogens is 4. The summed E-state index contributed by atoms with van der Waals surface area (Å²) in [6, 6.07) is 16.0. The first-order chi connectivity index (χ1) is 17.6. The van der Waals surface area contributed by atoms with E-state index in [-0.39, 0.29) is 0 Å². The Bertz CT molecular complexity index is 1440. The van der Waals surface area contributed by atoms with Gasteiger partial charge in [-0.05, 0) is 86.8 Å². The Morgan fingerprint density at radius 2 is 1.16 bits per heavy atom. The molecule has 1 aromatic heterocycles. The molecule has 0 atom stereocenters. The fraction of sp³-hybridized carbons (Fsp3) is 0.0800. The van der Waals surface area contributed by atoms with E-state index in [1.165, 1.54) is 0 Å². The fourth-order valence-electron chi connectivity index (χ4n) is 3.72. The van der Waals surface area contributed by atoms with Gasteiger partial charge in [0.15, 0.2) is 10.2 Å². The number of hydrogen-bond acceptors (Lipinski definition) is 3. The first-order valence-electron chi connectivity index (χ1n) is 10.8. The zero-order valence-electron chi connectivity index (χ0n) is 19.5. The molecule has 0 saturated heterocycles. The molecule has 0 fully saturated rings. The van der Waals surface area contributed by atoms with Gasteiger partial charge in [0.25, 0.3) is 0 Å². The van der Waals surface area contributed by atoms with Crippen molar-refractivity contribution in [3.05, 3.63) is 86.1 Å². The number of benzene rings is 3. The van der Waals surface area contributed by atoms with Crippen LogP contribution in [0.5, 0.6) is 0 Å². The minimum absolute atomic E-state index is 0.352. The number of anilines is 4. The third-order valence-corrected chi connectivity index (χ3v) is 6.45. The van der Waals surface area contributed by atoms with Crippen molar-refractivity contribution in [1.82, 2.24) is 10.2 Å². The number of nitrogens with one attached hydrogen (secondary N) is 5. The molecule has 12 heteroatoms. The minimum Gasteiger partial charge on any atom is -0.332 e. The molecule has 0 unspecified atom stereocenters. The monoisotopic (exact) mass is 608 g/mol. The predicted octanol–water partition coefficient (Wildman–Crippen LogP) is 8.92. The summed E-state index contributed by atoms with van der Waals surface area (Å²) in [5.74, 6) is 0. The predicted molar refractivity (Wildman–Crippen MR) is 166 cm³/mol. The Balaban J connectivity index is 1.60. The van der Waals surface area contributed by atoms with E-state index in [4.69, 9.17) is 70.8 Å². The molecular formula is C25H20Cl4N6S2. The molecule has 0 spiro atoms. The van der Waals surface area contributed by atoms with Gasteiger partial charge in [-0.15, -0.1) is 0 Å². The van der Waals surface area contributed by atoms with Gasteiger partial charge in [0.05, 0.1) is 11.4 Å². The summed E-state index contributed by atoms with van der Waals surface area (Å²) in [4.78, 5) is 0. The van der Waals surface area contributed by atoms with Gasteiger partial charge in [0.1, 0.15) is 0 Å². The van der Waals surface area contributed by atoms with Crippen molar-refractivity contribution in [3.63, 3.8) is 0 Å². The van der Waals surface area contributed by atoms with Crippen LogP contribution in [0.4, 0.5) is 22.7 Å². The van der Waals surface area contributed by atoms with Crippen LogP contribution in [0, 0.1) is 13.8 Å². The number of aromatic amines is 1. The molecule has 6 nitrogen and oxygen atoms in total. The average Bonchev–Trinajstić information content (AvgIpc) is 3.10. The molecule has 37 heavy (non-hydrogen) atoms. The number of aromatic nitrogens is 2. The van der Waals surface area contributed by atoms with Crippen LogP contribution in [0.15, 0.2) is 54.6 Å². The third kappa shape index (κ3) is 7.25. The Kier molecular flexibility index (Phi) is 8.79. The Labute approximate surface area is 245 Å². The molecule has 0 aliphatic heterocycles. The molecule has 5 N–H and O–H groups in total. The van der Waals surface area contributed by atoms with Gasteiger partial charge in [0, 0.05) is 54.0 Å². The van der Waals surface area contributed by atoms with Gasteiger partial charge in [-0.25, -0.2) is 0 Å². The van der Waals surface area contributed by atoms with Crippen LogP contribution in [0.2, 0.25) is 20.1 Å². The number of thiocarbonyl (C=S) groups is 2. The number of hydrogen-bond donors (Lipinski definition) is 5. The summed E-state index contributed by atoms with van der Waals surface area (Å²) in [6.07, 6.45) is 0. The summed E-state index contributed by atoms with van der Waals surface area (Å²) in [6.45, 7) is 3.90. The molecular weight excluding hydrogens is 590 g/mol. The molecule has 1 heterocycles. The Morgan fingerprint density at radius 1 is 0.676 bits per heavy atom. The van der Waals surface area contributed by atoms with E-state index in [0.717, 1.165) is 33.9 Å². The SMILES string of the molecule is Cc1n[nH]c(C)c1-c1ccc(NC(=S)Nc2cc(Cl)cc(Cl)c2)cc1NC(=S)Nc1cc(Cl)cc(Cl)c1. The molecule has 190 valence electrons. The maximum atomic E-state index is 6.13. The summed E-state index contributed by atoms with van der Waals surface area (Å²) in [5.41, 5.74) is 6.45. The zero-order chi connectivity index (χ0) is 26.7. The summed E-state index contributed by atoms with van der Waals surface area (Å²) in [7, 11) is 0. The quantitative estimate of drug-likeness (QED) is 0.145. The van der Waals surface area contributed by atoms with Crippen molar-refractivity contribution < 1.29 is 0 Å². The van der Waals surface area contributed by atoms with Gasteiger partial charge < -0.3 is 21.3 Å². The van der Waals surface area contributed by atoms with Crippen molar-refractivity contribution in [1.29, 1.82) is 0 Å². The van der Waals surface area contributed by atoms with Gasteiger partial charge in [-0.2, -0.15) is 5.10 Å². The lowest BCUT2D eigenvalue weighted by Gasteiger charge is -2.17. The standard InChI is InChI=1S/C25H20Cl4N6S2/c1-12-23(13(2)35-34-12)21-4-3-18(30-24(36)31-19-7-14(26)5-15(27)8-19)11-22(21)33-25(37)32-20-9-16(28)6-17(29)10-20/h3-11H,1-2H3,(H,34,35)(H2,30,31,36)(H2,32,33,37). The van der Waals surface area contributed by atoms with Crippen LogP contribution in [0.1, 0.15) is 11.4 Å². The van der Waals surface area contributed by atoms with E-state index in [2.05, 4.69) is 31.5 Å². The lowest BCUT2D eigenvalue weighted by atomic mass is 10.0. The smallest absolute Gasteiger partial charge is 0.175 e. The molecule has 0 radical (unpaired) electrons. The highest BCUT2D eigenvalue weighted by molar-refractivity contribution is 7.81. The Hall–Kier alpha value is -2.59. The number of rotatable bonds is 5. The molecule has 4 aromatic rings. The lowest BCUT2D eigenvalue weighted by molar-refractivity contribution is 1.02. The number of H-pyrrole nitrogens is 1. The molecule has 0 aliphatic carbocycles. The first kappa shape index (κ1) is 27.4. The highest BCUT2D eigenvalue weighted by Gasteiger charge is 2.16. The van der Waals surface area contributed by atoms with Crippen LogP contribution in [-0.2, 0) is 0 Å². The molecule has 4 rings (SSSR count). The van der Waals surface area contributed by atoms with E-state index in [9.17, 15) is 0 Å². The maximum Gasteiger partial charge on any atom is 0.175 e. The molecule has 0 aliphatic rings. The van der Waals surface area contributed by atoms with Crippen LogP contribution in [-0.4, -0.2) is 20.4 Å². The van der Waals surface area contributed by atoms with E-state index < -0.39 is 0 Å². The maximum absolute atomic E-state index is 6.13. The lowest BCUT2D eigenvalue weighted by Crippen LogP contribution is -2.21. The summed E-state index contributed by atoms with van der Waals surface area (Å²) < 4.78 is 0. The second kappa shape index (κ2) is 11.9. The third-order valence-electron chi connectivity index (χ3n) is 5.16. The van der Waals surface area contributed by atoms with Crippen molar-refractivity contribution in [2.75, 3.05) is 21.3 Å². The number of nitrogens with zero attached hydrogens (tertiary/aromatic N) is 1.